The number of benzene rings is 2. The van der Waals surface area contributed by atoms with E-state index in [9.17, 15) is 15.2 Å². The molecule has 0 fully saturated rings. The van der Waals surface area contributed by atoms with Crippen LogP contribution in [0.3, 0.4) is 0 Å². The molecule has 0 bridgehead atoms. The molecular formula is C18H23NO5. The minimum Gasteiger partial charge on any atom is -0.374 e. The van der Waals surface area contributed by atoms with E-state index in [4.69, 9.17) is 9.47 Å². The van der Waals surface area contributed by atoms with Crippen LogP contribution in [0.2, 0.25) is 0 Å². The molecule has 0 aliphatic rings. The topological polar surface area (TPSA) is 81.8 Å². The molecule has 0 aliphatic heterocycles. The van der Waals surface area contributed by atoms with Crippen LogP contribution < -0.4 is 0 Å². The molecule has 2 aromatic carbocycles. The maximum absolute atomic E-state index is 11.5. The second-order valence-electron chi connectivity index (χ2n) is 5.56. The number of rotatable bonds is 8. The monoisotopic (exact) mass is 333 g/mol. The van der Waals surface area contributed by atoms with Crippen LogP contribution in [0.4, 0.5) is 0 Å². The quantitative estimate of drug-likeness (QED) is 0.456. The highest BCUT2D eigenvalue weighted by molar-refractivity contribution is 5.86. The molecule has 0 amide bonds. The number of hydrogen-bond donors (Lipinski definition) is 1. The minimum atomic E-state index is -1.92. The van der Waals surface area contributed by atoms with Crippen LogP contribution in [0.5, 0.6) is 0 Å². The Bertz CT molecular complexity index is 693. The summed E-state index contributed by atoms with van der Waals surface area (Å²) < 4.78 is 11.1. The van der Waals surface area contributed by atoms with Gasteiger partial charge in [-0.05, 0) is 24.6 Å². The highest BCUT2D eigenvalue weighted by Gasteiger charge is 2.52. The van der Waals surface area contributed by atoms with Gasteiger partial charge in [-0.15, -0.1) is 0 Å². The molecule has 0 saturated carbocycles. The molecule has 2 rings (SSSR count). The first kappa shape index (κ1) is 18.3. The summed E-state index contributed by atoms with van der Waals surface area (Å²) in [5.74, 6) is 0. The lowest BCUT2D eigenvalue weighted by atomic mass is 9.83. The Morgan fingerprint density at radius 1 is 1.12 bits per heavy atom. The molecular weight excluding hydrogens is 310 g/mol. The Kier molecular flexibility index (Phi) is 5.88. The van der Waals surface area contributed by atoms with Gasteiger partial charge in [0.2, 0.25) is 11.6 Å². The van der Waals surface area contributed by atoms with Crippen LogP contribution in [0, 0.1) is 10.1 Å². The van der Waals surface area contributed by atoms with Crippen LogP contribution in [0.1, 0.15) is 26.3 Å². The molecule has 130 valence electrons. The Hall–Kier alpha value is -2.02. The van der Waals surface area contributed by atoms with Crippen LogP contribution in [-0.2, 0) is 15.1 Å². The van der Waals surface area contributed by atoms with Gasteiger partial charge >= 0.3 is 0 Å². The van der Waals surface area contributed by atoms with Crippen molar-refractivity contribution in [2.75, 3.05) is 13.2 Å². The standard InChI is InChI=1S/C18H23NO5/c1-4-23-17(24-5-2)18(20,13(3)19(21)22)16-12-8-10-14-9-6-7-11-15(14)16/h6-13,17,20H,4-5H2,1-3H3. The molecule has 2 aromatic rings. The van der Waals surface area contributed by atoms with E-state index < -0.39 is 22.9 Å². The largest absolute Gasteiger partial charge is 0.374 e. The molecule has 6 nitrogen and oxygen atoms in total. The molecule has 1 N–H and O–H groups in total. The van der Waals surface area contributed by atoms with E-state index in [1.54, 1.807) is 26.0 Å². The van der Waals surface area contributed by atoms with Gasteiger partial charge in [0.05, 0.1) is 0 Å². The Balaban J connectivity index is 2.70. The Morgan fingerprint density at radius 2 is 1.71 bits per heavy atom. The molecule has 0 radical (unpaired) electrons. The molecule has 0 aromatic heterocycles. The zero-order valence-electron chi connectivity index (χ0n) is 14.1. The number of fused-ring (bicyclic) bond motifs is 1. The van der Waals surface area contributed by atoms with Crippen molar-refractivity contribution in [2.45, 2.75) is 38.7 Å². The SMILES string of the molecule is CCOC(OCC)C(O)(c1cccc2ccccc12)C(C)[N+](=O)[O-]. The lowest BCUT2D eigenvalue weighted by molar-refractivity contribution is -0.553. The number of ether oxygens (including phenoxy) is 2. The number of nitro groups is 1. The van der Waals surface area contributed by atoms with Gasteiger partial charge in [0.25, 0.3) is 0 Å². The van der Waals surface area contributed by atoms with Crippen molar-refractivity contribution in [1.82, 2.24) is 0 Å². The maximum atomic E-state index is 11.5. The summed E-state index contributed by atoms with van der Waals surface area (Å²) >= 11 is 0. The zero-order chi connectivity index (χ0) is 17.7. The first-order valence-corrected chi connectivity index (χ1v) is 8.04. The fourth-order valence-electron chi connectivity index (χ4n) is 2.89. The summed E-state index contributed by atoms with van der Waals surface area (Å²) in [5, 5.41) is 24.6. The second kappa shape index (κ2) is 7.70. The fraction of sp³-hybridized carbons (Fsp3) is 0.444. The zero-order valence-corrected chi connectivity index (χ0v) is 14.1. The highest BCUT2D eigenvalue weighted by atomic mass is 16.7. The van der Waals surface area contributed by atoms with Gasteiger partial charge in [0.1, 0.15) is 0 Å². The minimum absolute atomic E-state index is 0.266. The van der Waals surface area contributed by atoms with Crippen LogP contribution >= 0.6 is 0 Å². The third kappa shape index (κ3) is 3.26. The number of hydrogen-bond acceptors (Lipinski definition) is 5. The summed E-state index contributed by atoms with van der Waals surface area (Å²) in [4.78, 5) is 11.0. The lowest BCUT2D eigenvalue weighted by Gasteiger charge is -2.36. The molecule has 0 heterocycles. The van der Waals surface area contributed by atoms with Crippen molar-refractivity contribution in [1.29, 1.82) is 0 Å². The maximum Gasteiger partial charge on any atom is 0.247 e. The van der Waals surface area contributed by atoms with E-state index in [0.717, 1.165) is 10.8 Å². The van der Waals surface area contributed by atoms with E-state index in [-0.39, 0.29) is 13.2 Å². The Morgan fingerprint density at radius 3 is 2.29 bits per heavy atom. The summed E-state index contributed by atoms with van der Waals surface area (Å²) in [6.45, 7) is 5.41. The predicted molar refractivity (Wildman–Crippen MR) is 91.3 cm³/mol. The van der Waals surface area contributed by atoms with Crippen molar-refractivity contribution in [3.05, 3.63) is 58.1 Å². The Labute approximate surface area is 141 Å². The van der Waals surface area contributed by atoms with Crippen LogP contribution in [-0.4, -0.2) is 35.6 Å². The van der Waals surface area contributed by atoms with Gasteiger partial charge in [0.15, 0.2) is 6.29 Å². The third-order valence-corrected chi connectivity index (χ3v) is 4.17. The molecule has 0 saturated heterocycles. The van der Waals surface area contributed by atoms with Crippen molar-refractivity contribution >= 4 is 10.8 Å². The molecule has 6 heteroatoms. The average molecular weight is 333 g/mol. The van der Waals surface area contributed by atoms with Crippen molar-refractivity contribution < 1.29 is 19.5 Å². The molecule has 0 aliphatic carbocycles. The van der Waals surface area contributed by atoms with Gasteiger partial charge in [-0.1, -0.05) is 42.5 Å². The first-order valence-electron chi connectivity index (χ1n) is 8.04. The summed E-state index contributed by atoms with van der Waals surface area (Å²) in [6.07, 6.45) is -1.14. The highest BCUT2D eigenvalue weighted by Crippen LogP contribution is 2.37. The average Bonchev–Trinajstić information content (AvgIpc) is 2.59. The van der Waals surface area contributed by atoms with Gasteiger partial charge in [-0.25, -0.2) is 0 Å². The molecule has 2 atom stereocenters. The predicted octanol–water partition coefficient (Wildman–Crippen LogP) is 3.09. The normalized spacial score (nSPS) is 15.4. The van der Waals surface area contributed by atoms with E-state index in [0.29, 0.717) is 5.56 Å². The van der Waals surface area contributed by atoms with Crippen LogP contribution in [0.25, 0.3) is 10.8 Å². The number of aliphatic hydroxyl groups is 1. The summed E-state index contributed by atoms with van der Waals surface area (Å²) in [7, 11) is 0. The van der Waals surface area contributed by atoms with Gasteiger partial charge in [0, 0.05) is 30.6 Å². The first-order chi connectivity index (χ1) is 11.5. The van der Waals surface area contributed by atoms with E-state index in [1.165, 1.54) is 6.92 Å². The number of nitrogens with zero attached hydrogens (tertiary/aromatic N) is 1. The van der Waals surface area contributed by atoms with Crippen LogP contribution in [0.15, 0.2) is 42.5 Å². The fourth-order valence-corrected chi connectivity index (χ4v) is 2.89. The van der Waals surface area contributed by atoms with Crippen molar-refractivity contribution in [2.24, 2.45) is 0 Å². The van der Waals surface area contributed by atoms with Gasteiger partial charge < -0.3 is 14.6 Å². The molecule has 0 spiro atoms. The van der Waals surface area contributed by atoms with Gasteiger partial charge in [-0.3, -0.25) is 10.1 Å². The lowest BCUT2D eigenvalue weighted by Crippen LogP contribution is -2.53. The van der Waals surface area contributed by atoms with E-state index in [1.807, 2.05) is 30.3 Å². The smallest absolute Gasteiger partial charge is 0.247 e. The summed E-state index contributed by atoms with van der Waals surface area (Å²) in [5.41, 5.74) is -1.49. The molecule has 24 heavy (non-hydrogen) atoms. The van der Waals surface area contributed by atoms with Crippen molar-refractivity contribution in [3.63, 3.8) is 0 Å². The third-order valence-electron chi connectivity index (χ3n) is 4.17. The second-order valence-corrected chi connectivity index (χ2v) is 5.56. The van der Waals surface area contributed by atoms with Gasteiger partial charge in [-0.2, -0.15) is 0 Å². The van der Waals surface area contributed by atoms with Crippen molar-refractivity contribution in [3.8, 4) is 0 Å². The van der Waals surface area contributed by atoms with E-state index >= 15 is 0 Å². The van der Waals surface area contributed by atoms with E-state index in [2.05, 4.69) is 0 Å². The molecule has 2 unspecified atom stereocenters. The summed E-state index contributed by atoms with van der Waals surface area (Å²) in [6, 6.07) is 11.5.